The molecule has 35 heavy (non-hydrogen) atoms. The number of amides is 1. The molecule has 0 aliphatic carbocycles. The van der Waals surface area contributed by atoms with Gasteiger partial charge in [0.1, 0.15) is 12.3 Å². The number of nitrogens with zero attached hydrogens (tertiary/aromatic N) is 4. The van der Waals surface area contributed by atoms with E-state index in [-0.39, 0.29) is 11.9 Å². The van der Waals surface area contributed by atoms with Crippen molar-refractivity contribution in [1.29, 1.82) is 0 Å². The molecule has 1 amide bonds. The number of carbonyl (C=O) groups is 1. The standard InChI is InChI=1S/C27H40N4O4/c1-5-34-25-10-6-8-21-18-30-11-7-9-23(30)19-31(12-13-33-14-15-35-26(21)25)27(32)24-17-22(16-20(2)3)28-29(24)4/h6,8,10,17,20,23H,5,7,9,11-16,18-19H2,1-4H3/t23-/m0/s1. The summed E-state index contributed by atoms with van der Waals surface area (Å²) < 4.78 is 19.6. The molecule has 0 unspecified atom stereocenters. The molecular formula is C27H40N4O4. The van der Waals surface area contributed by atoms with Crippen LogP contribution in [0.5, 0.6) is 11.5 Å². The Bertz CT molecular complexity index is 990. The molecule has 1 atom stereocenters. The van der Waals surface area contributed by atoms with E-state index in [0.29, 0.717) is 51.1 Å². The van der Waals surface area contributed by atoms with E-state index in [2.05, 4.69) is 29.9 Å². The molecule has 0 radical (unpaired) electrons. The second-order valence-corrected chi connectivity index (χ2v) is 9.90. The van der Waals surface area contributed by atoms with Gasteiger partial charge in [-0.3, -0.25) is 14.4 Å². The maximum absolute atomic E-state index is 13.7. The lowest BCUT2D eigenvalue weighted by atomic mass is 10.1. The molecule has 0 saturated carbocycles. The Labute approximate surface area is 209 Å². The Balaban J connectivity index is 1.56. The smallest absolute Gasteiger partial charge is 0.272 e. The highest BCUT2D eigenvalue weighted by Gasteiger charge is 2.31. The van der Waals surface area contributed by atoms with E-state index in [4.69, 9.17) is 14.2 Å². The summed E-state index contributed by atoms with van der Waals surface area (Å²) >= 11 is 0. The fraction of sp³-hybridized carbons (Fsp3) is 0.630. The fourth-order valence-corrected chi connectivity index (χ4v) is 5.06. The summed E-state index contributed by atoms with van der Waals surface area (Å²) in [7, 11) is 1.86. The third kappa shape index (κ3) is 6.35. The molecule has 0 spiro atoms. The van der Waals surface area contributed by atoms with E-state index >= 15 is 0 Å². The number of para-hydroxylation sites is 1. The molecule has 0 bridgehead atoms. The molecule has 2 aliphatic heterocycles. The average molecular weight is 485 g/mol. The first-order valence-electron chi connectivity index (χ1n) is 13.0. The van der Waals surface area contributed by atoms with Crippen LogP contribution in [0.15, 0.2) is 24.3 Å². The van der Waals surface area contributed by atoms with Gasteiger partial charge in [0.2, 0.25) is 0 Å². The van der Waals surface area contributed by atoms with Crippen molar-refractivity contribution in [1.82, 2.24) is 19.6 Å². The van der Waals surface area contributed by atoms with E-state index in [1.54, 1.807) is 4.68 Å². The summed E-state index contributed by atoms with van der Waals surface area (Å²) in [4.78, 5) is 18.1. The first kappa shape index (κ1) is 25.5. The van der Waals surface area contributed by atoms with E-state index in [9.17, 15) is 4.79 Å². The maximum Gasteiger partial charge on any atom is 0.272 e. The van der Waals surface area contributed by atoms with Crippen LogP contribution in [0.1, 0.15) is 55.4 Å². The van der Waals surface area contributed by atoms with E-state index in [1.807, 2.05) is 37.1 Å². The van der Waals surface area contributed by atoms with Crippen molar-refractivity contribution in [3.63, 3.8) is 0 Å². The number of fused-ring (bicyclic) bond motifs is 2. The Hall–Kier alpha value is -2.58. The molecule has 0 N–H and O–H groups in total. The van der Waals surface area contributed by atoms with Crippen molar-refractivity contribution in [2.75, 3.05) is 46.1 Å². The van der Waals surface area contributed by atoms with Crippen molar-refractivity contribution >= 4 is 5.91 Å². The molecule has 4 rings (SSSR count). The summed E-state index contributed by atoms with van der Waals surface area (Å²) in [6.45, 7) is 11.3. The topological polar surface area (TPSA) is 69.1 Å². The van der Waals surface area contributed by atoms with Gasteiger partial charge in [-0.25, -0.2) is 0 Å². The Morgan fingerprint density at radius 1 is 1.23 bits per heavy atom. The number of hydrogen-bond donors (Lipinski definition) is 0. The zero-order valence-corrected chi connectivity index (χ0v) is 21.7. The molecule has 1 fully saturated rings. The SMILES string of the molecule is CCOc1cccc2c1OCCOCCN(C(=O)c1cc(CC(C)C)nn1C)C[C@@H]1CCCN1C2. The zero-order valence-electron chi connectivity index (χ0n) is 21.7. The Morgan fingerprint density at radius 3 is 2.89 bits per heavy atom. The summed E-state index contributed by atoms with van der Waals surface area (Å²) in [6, 6.07) is 8.34. The molecule has 1 aromatic carbocycles. The number of rotatable bonds is 5. The molecule has 8 heteroatoms. The zero-order chi connectivity index (χ0) is 24.8. The normalized spacial score (nSPS) is 19.8. The quantitative estimate of drug-likeness (QED) is 0.647. The summed E-state index contributed by atoms with van der Waals surface area (Å²) in [5.74, 6) is 2.10. The first-order chi connectivity index (χ1) is 17.0. The third-order valence-electron chi connectivity index (χ3n) is 6.70. The molecule has 192 valence electrons. The molecule has 8 nitrogen and oxygen atoms in total. The highest BCUT2D eigenvalue weighted by atomic mass is 16.5. The first-order valence-corrected chi connectivity index (χ1v) is 13.0. The number of benzene rings is 1. The van der Waals surface area contributed by atoms with Crippen LogP contribution >= 0.6 is 0 Å². The summed E-state index contributed by atoms with van der Waals surface area (Å²) in [5, 5.41) is 4.60. The van der Waals surface area contributed by atoms with Crippen LogP contribution in [0.3, 0.4) is 0 Å². The van der Waals surface area contributed by atoms with Gasteiger partial charge in [-0.15, -0.1) is 0 Å². The van der Waals surface area contributed by atoms with Crippen molar-refractivity contribution in [2.24, 2.45) is 13.0 Å². The maximum atomic E-state index is 13.7. The summed E-state index contributed by atoms with van der Waals surface area (Å²) in [5.41, 5.74) is 2.73. The van der Waals surface area contributed by atoms with Gasteiger partial charge in [0.15, 0.2) is 11.5 Å². The van der Waals surface area contributed by atoms with Gasteiger partial charge in [-0.05, 0) is 50.8 Å². The van der Waals surface area contributed by atoms with Gasteiger partial charge in [0.25, 0.3) is 5.91 Å². The number of ether oxygens (including phenoxy) is 3. The second-order valence-electron chi connectivity index (χ2n) is 9.90. The number of aromatic nitrogens is 2. The van der Waals surface area contributed by atoms with Crippen molar-refractivity contribution in [2.45, 2.75) is 52.6 Å². The lowest BCUT2D eigenvalue weighted by Gasteiger charge is -2.31. The van der Waals surface area contributed by atoms with Gasteiger partial charge < -0.3 is 19.1 Å². The fourth-order valence-electron chi connectivity index (χ4n) is 5.06. The number of hydrogen-bond acceptors (Lipinski definition) is 6. The van der Waals surface area contributed by atoms with Crippen LogP contribution in [-0.2, 0) is 24.8 Å². The number of aryl methyl sites for hydroxylation is 1. The molecular weight excluding hydrogens is 444 g/mol. The van der Waals surface area contributed by atoms with Crippen LogP contribution in [0.25, 0.3) is 0 Å². The van der Waals surface area contributed by atoms with E-state index in [0.717, 1.165) is 55.1 Å². The summed E-state index contributed by atoms with van der Waals surface area (Å²) in [6.07, 6.45) is 3.05. The minimum absolute atomic E-state index is 0.0237. The van der Waals surface area contributed by atoms with Gasteiger partial charge in [-0.1, -0.05) is 26.0 Å². The lowest BCUT2D eigenvalue weighted by Crippen LogP contribution is -2.44. The van der Waals surface area contributed by atoms with Crippen LogP contribution < -0.4 is 9.47 Å². The highest BCUT2D eigenvalue weighted by Crippen LogP contribution is 2.34. The van der Waals surface area contributed by atoms with Crippen molar-refractivity contribution in [3.8, 4) is 11.5 Å². The van der Waals surface area contributed by atoms with Crippen LogP contribution in [0.4, 0.5) is 0 Å². The third-order valence-corrected chi connectivity index (χ3v) is 6.70. The largest absolute Gasteiger partial charge is 0.490 e. The van der Waals surface area contributed by atoms with E-state index < -0.39 is 0 Å². The van der Waals surface area contributed by atoms with E-state index in [1.165, 1.54) is 0 Å². The Kier molecular flexibility index (Phi) is 8.68. The van der Waals surface area contributed by atoms with Gasteiger partial charge in [0, 0.05) is 38.3 Å². The van der Waals surface area contributed by atoms with Crippen LogP contribution in [-0.4, -0.2) is 77.6 Å². The lowest BCUT2D eigenvalue weighted by molar-refractivity contribution is 0.0530. The predicted octanol–water partition coefficient (Wildman–Crippen LogP) is 3.53. The molecule has 1 aromatic heterocycles. The minimum atomic E-state index is 0.0237. The van der Waals surface area contributed by atoms with Crippen LogP contribution in [0.2, 0.25) is 0 Å². The van der Waals surface area contributed by atoms with Gasteiger partial charge in [-0.2, -0.15) is 5.10 Å². The minimum Gasteiger partial charge on any atom is -0.490 e. The predicted molar refractivity (Wildman–Crippen MR) is 135 cm³/mol. The average Bonchev–Trinajstić information content (AvgIpc) is 3.41. The molecule has 2 aromatic rings. The van der Waals surface area contributed by atoms with Gasteiger partial charge >= 0.3 is 0 Å². The molecule has 1 saturated heterocycles. The van der Waals surface area contributed by atoms with Crippen LogP contribution in [0, 0.1) is 5.92 Å². The molecule has 3 heterocycles. The number of carbonyl (C=O) groups excluding carboxylic acids is 1. The monoisotopic (exact) mass is 484 g/mol. The second kappa shape index (κ2) is 11.9. The highest BCUT2D eigenvalue weighted by molar-refractivity contribution is 5.92. The van der Waals surface area contributed by atoms with Gasteiger partial charge in [0.05, 0.1) is 25.5 Å². The van der Waals surface area contributed by atoms with Crippen molar-refractivity contribution in [3.05, 3.63) is 41.2 Å². The molecule has 2 aliphatic rings. The van der Waals surface area contributed by atoms with Crippen molar-refractivity contribution < 1.29 is 19.0 Å². The Morgan fingerprint density at radius 2 is 2.09 bits per heavy atom.